The van der Waals surface area contributed by atoms with Gasteiger partial charge in [-0.3, -0.25) is 19.3 Å². The van der Waals surface area contributed by atoms with E-state index in [4.69, 9.17) is 4.74 Å². The van der Waals surface area contributed by atoms with E-state index in [9.17, 15) is 19.2 Å². The van der Waals surface area contributed by atoms with Crippen molar-refractivity contribution in [3.8, 4) is 0 Å². The zero-order chi connectivity index (χ0) is 22.2. The van der Waals surface area contributed by atoms with Crippen LogP contribution in [0.3, 0.4) is 0 Å². The fraction of sp³-hybridized carbons (Fsp3) is 0.565. The van der Waals surface area contributed by atoms with Crippen molar-refractivity contribution in [2.75, 3.05) is 18.1 Å². The molecule has 4 rings (SSSR count). The second kappa shape index (κ2) is 8.32. The number of carbonyl (C=O) groups is 4. The number of nitrogens with one attached hydrogen (secondary N) is 1. The molecule has 8 nitrogen and oxygen atoms in total. The summed E-state index contributed by atoms with van der Waals surface area (Å²) in [5.41, 5.74) is -0.747. The van der Waals surface area contributed by atoms with Gasteiger partial charge in [0.25, 0.3) is 11.8 Å². The zero-order valence-electron chi connectivity index (χ0n) is 18.1. The number of esters is 1. The van der Waals surface area contributed by atoms with Gasteiger partial charge in [0.15, 0.2) is 6.61 Å². The first-order chi connectivity index (χ1) is 14.8. The summed E-state index contributed by atoms with van der Waals surface area (Å²) in [6.45, 7) is 3.76. The van der Waals surface area contributed by atoms with Gasteiger partial charge in [0.2, 0.25) is 11.6 Å². The molecule has 0 radical (unpaired) electrons. The minimum absolute atomic E-state index is 0.0714. The predicted molar refractivity (Wildman–Crippen MR) is 113 cm³/mol. The Labute approximate surface area is 181 Å². The SMILES string of the molecule is CC(C)CN1C(=O)c2ccccc2N2C(=O)CC[C@]12C(=O)OCC(=O)NC1CCCC1. The summed E-state index contributed by atoms with van der Waals surface area (Å²) < 4.78 is 5.44. The molecule has 1 saturated carbocycles. The van der Waals surface area contributed by atoms with Crippen LogP contribution < -0.4 is 10.2 Å². The van der Waals surface area contributed by atoms with Gasteiger partial charge in [-0.05, 0) is 30.9 Å². The molecule has 2 heterocycles. The number of hydrogen-bond acceptors (Lipinski definition) is 5. The molecule has 1 saturated heterocycles. The van der Waals surface area contributed by atoms with Crippen molar-refractivity contribution in [3.05, 3.63) is 29.8 Å². The van der Waals surface area contributed by atoms with E-state index < -0.39 is 18.2 Å². The number of benzene rings is 1. The van der Waals surface area contributed by atoms with Crippen molar-refractivity contribution in [1.29, 1.82) is 0 Å². The number of nitrogens with zero attached hydrogens (tertiary/aromatic N) is 2. The van der Waals surface area contributed by atoms with Gasteiger partial charge in [0.05, 0.1) is 11.3 Å². The fourth-order valence-corrected chi connectivity index (χ4v) is 4.95. The summed E-state index contributed by atoms with van der Waals surface area (Å²) in [7, 11) is 0. The molecule has 1 aromatic carbocycles. The molecule has 3 aliphatic rings. The average Bonchev–Trinajstić information content (AvgIpc) is 3.37. The molecular weight excluding hydrogens is 398 g/mol. The van der Waals surface area contributed by atoms with Gasteiger partial charge in [0, 0.05) is 25.4 Å². The molecule has 1 N–H and O–H groups in total. The third-order valence-corrected chi connectivity index (χ3v) is 6.30. The Morgan fingerprint density at radius 3 is 2.61 bits per heavy atom. The highest BCUT2D eigenvalue weighted by molar-refractivity contribution is 6.15. The molecule has 2 fully saturated rings. The first-order valence-corrected chi connectivity index (χ1v) is 11.0. The van der Waals surface area contributed by atoms with Crippen LogP contribution in [0.25, 0.3) is 0 Å². The van der Waals surface area contributed by atoms with Gasteiger partial charge in [-0.1, -0.05) is 38.8 Å². The van der Waals surface area contributed by atoms with Crippen LogP contribution in [0.5, 0.6) is 0 Å². The summed E-state index contributed by atoms with van der Waals surface area (Å²) in [5, 5.41) is 2.89. The average molecular weight is 428 g/mol. The van der Waals surface area contributed by atoms with Crippen molar-refractivity contribution in [1.82, 2.24) is 10.2 Å². The van der Waals surface area contributed by atoms with E-state index in [1.807, 2.05) is 13.8 Å². The zero-order valence-corrected chi connectivity index (χ0v) is 18.1. The van der Waals surface area contributed by atoms with E-state index in [-0.39, 0.29) is 42.5 Å². The third-order valence-electron chi connectivity index (χ3n) is 6.30. The van der Waals surface area contributed by atoms with Gasteiger partial charge >= 0.3 is 5.97 Å². The van der Waals surface area contributed by atoms with Crippen molar-refractivity contribution in [2.45, 2.75) is 64.1 Å². The van der Waals surface area contributed by atoms with Gasteiger partial charge in [-0.15, -0.1) is 0 Å². The van der Waals surface area contributed by atoms with Crippen LogP contribution in [0.2, 0.25) is 0 Å². The number of fused-ring (bicyclic) bond motifs is 3. The maximum Gasteiger partial charge on any atom is 0.354 e. The molecule has 3 amide bonds. The van der Waals surface area contributed by atoms with Gasteiger partial charge in [-0.2, -0.15) is 0 Å². The van der Waals surface area contributed by atoms with Crippen molar-refractivity contribution < 1.29 is 23.9 Å². The Bertz CT molecular complexity index is 908. The highest BCUT2D eigenvalue weighted by Gasteiger charge is 2.62. The second-order valence-corrected chi connectivity index (χ2v) is 9.00. The number of ether oxygens (including phenoxy) is 1. The Morgan fingerprint density at radius 1 is 1.19 bits per heavy atom. The molecule has 0 spiro atoms. The molecule has 2 aliphatic heterocycles. The highest BCUT2D eigenvalue weighted by atomic mass is 16.5. The molecule has 0 unspecified atom stereocenters. The number of rotatable bonds is 6. The van der Waals surface area contributed by atoms with Crippen LogP contribution in [0.1, 0.15) is 62.7 Å². The lowest BCUT2D eigenvalue weighted by Crippen LogP contribution is -2.69. The van der Waals surface area contributed by atoms with E-state index in [1.165, 1.54) is 9.80 Å². The summed E-state index contributed by atoms with van der Waals surface area (Å²) in [6.07, 6.45) is 4.28. The lowest BCUT2D eigenvalue weighted by Gasteiger charge is -2.48. The standard InChI is InChI=1S/C23H29N3O5/c1-15(2)13-25-21(29)17-9-5-6-10-18(17)26-20(28)11-12-23(25,26)22(30)31-14-19(27)24-16-7-3-4-8-16/h5-6,9-10,15-16H,3-4,7-8,11-14H2,1-2H3,(H,24,27)/t23-/m0/s1. The van der Waals surface area contributed by atoms with Crippen LogP contribution >= 0.6 is 0 Å². The molecule has 0 aromatic heterocycles. The van der Waals surface area contributed by atoms with E-state index in [2.05, 4.69) is 5.32 Å². The predicted octanol–water partition coefficient (Wildman–Crippen LogP) is 2.22. The molecule has 8 heteroatoms. The number of amides is 3. The molecule has 31 heavy (non-hydrogen) atoms. The Balaban J connectivity index is 1.63. The number of anilines is 1. The summed E-state index contributed by atoms with van der Waals surface area (Å²) in [6, 6.07) is 6.94. The summed E-state index contributed by atoms with van der Waals surface area (Å²) in [4.78, 5) is 54.9. The van der Waals surface area contributed by atoms with E-state index in [0.29, 0.717) is 17.8 Å². The van der Waals surface area contributed by atoms with Crippen LogP contribution in [0, 0.1) is 5.92 Å². The molecule has 1 aromatic rings. The fourth-order valence-electron chi connectivity index (χ4n) is 4.95. The minimum Gasteiger partial charge on any atom is -0.452 e. The molecular formula is C23H29N3O5. The van der Waals surface area contributed by atoms with Crippen molar-refractivity contribution in [3.63, 3.8) is 0 Å². The molecule has 0 bridgehead atoms. The largest absolute Gasteiger partial charge is 0.452 e. The lowest BCUT2D eigenvalue weighted by molar-refractivity contribution is -0.160. The van der Waals surface area contributed by atoms with Crippen LogP contribution in [0.15, 0.2) is 24.3 Å². The van der Waals surface area contributed by atoms with Crippen molar-refractivity contribution >= 4 is 29.4 Å². The third kappa shape index (κ3) is 3.68. The molecule has 1 aliphatic carbocycles. The number of hydrogen-bond donors (Lipinski definition) is 1. The number of para-hydroxylation sites is 1. The Hall–Kier alpha value is -2.90. The number of carbonyl (C=O) groups excluding carboxylic acids is 4. The topological polar surface area (TPSA) is 96.0 Å². The Kier molecular flexibility index (Phi) is 5.73. The first kappa shape index (κ1) is 21.3. The second-order valence-electron chi connectivity index (χ2n) is 9.00. The molecule has 1 atom stereocenters. The van der Waals surface area contributed by atoms with Gasteiger partial charge < -0.3 is 15.0 Å². The summed E-state index contributed by atoms with van der Waals surface area (Å²) >= 11 is 0. The smallest absolute Gasteiger partial charge is 0.354 e. The van der Waals surface area contributed by atoms with E-state index in [0.717, 1.165) is 25.7 Å². The minimum atomic E-state index is -1.56. The van der Waals surface area contributed by atoms with Crippen LogP contribution in [0.4, 0.5) is 5.69 Å². The van der Waals surface area contributed by atoms with E-state index >= 15 is 0 Å². The van der Waals surface area contributed by atoms with Gasteiger partial charge in [0.1, 0.15) is 0 Å². The highest BCUT2D eigenvalue weighted by Crippen LogP contribution is 2.45. The van der Waals surface area contributed by atoms with Crippen LogP contribution in [-0.2, 0) is 19.1 Å². The van der Waals surface area contributed by atoms with Crippen molar-refractivity contribution in [2.24, 2.45) is 5.92 Å². The molecule has 166 valence electrons. The maximum absolute atomic E-state index is 13.4. The van der Waals surface area contributed by atoms with Gasteiger partial charge in [-0.25, -0.2) is 4.79 Å². The van der Waals surface area contributed by atoms with E-state index in [1.54, 1.807) is 24.3 Å². The summed E-state index contributed by atoms with van der Waals surface area (Å²) in [5.74, 6) is -1.56. The Morgan fingerprint density at radius 2 is 1.90 bits per heavy atom. The maximum atomic E-state index is 13.4. The first-order valence-electron chi connectivity index (χ1n) is 11.0. The van der Waals surface area contributed by atoms with Crippen LogP contribution in [-0.4, -0.2) is 53.4 Å². The quantitative estimate of drug-likeness (QED) is 0.703. The lowest BCUT2D eigenvalue weighted by atomic mass is 9.95. The normalized spacial score (nSPS) is 23.2. The monoisotopic (exact) mass is 427 g/mol.